The second kappa shape index (κ2) is 75.1. The van der Waals surface area contributed by atoms with Gasteiger partial charge in [-0.3, -0.25) is 14.4 Å². The van der Waals surface area contributed by atoms with Gasteiger partial charge in [0.2, 0.25) is 5.79 Å². The third kappa shape index (κ3) is 52.4. The molecule has 0 unspecified atom stereocenters. The fourth-order valence-electron chi connectivity index (χ4n) is 12.0. The quantitative estimate of drug-likeness (QED) is 0.00722. The standard InChI is InChI=1S/C51H81NO14.C51H4.H3NO14.38H2/c1-10-11-12-15-23-64-45(56)19-16-17-37-25-31(2)24-32(3)26-43(62-8)47-44(63-9)28-34(5)51(60,66-47)48(57)49(58)52-22-14-13-18-38(52)50(59)65-46(35(6)40(54)30-41(37)55)33(4)27-36-20-21-39(53)42(29-36)61-7;1-3-5-7-9-11-13-15-17-19-21-23-25-27-29-31-33-35-37-39-41-43-45-47-49-51-50-48-46-44-42-40-38-36-34-32-30-28-26-24-22-20-18-16-14-12-10-8-6-4-2;2-6-10-14-12-8-4-1-5-9-13-15-11-7-3;;;;;;;;;;;;;;;;;;;;;;;;;;;;;;;;;;;;;;/h16,19,25,27,32,34-40,42-44,46-47,53-54,60H,10-15,17-18,20-24,26,28-30H2,1-9H3;1H,2H3;1-3H;38*1H/b19-16+,31-25+,33-27+;;;;;;;;;;;;;;;;;;;;;;;;;;;;;;;;;;;;;;;;/t32-,34+,35+,36-,37+,38-,39+,40-,42+,43-,44-,46+,47+,51+;;;;;;;;;;;;;;;;;;;;;;;;;;;;;;;;;;;;;;;;/m0......................................../s1. The molecular weight excluding hydrogens is 1700 g/mol. The van der Waals surface area contributed by atoms with Gasteiger partial charge in [0.1, 0.15) is 24.0 Å². The van der Waals surface area contributed by atoms with E-state index in [0.717, 1.165) is 31.3 Å². The number of esters is 2. The molecule has 1 amide bonds. The number of fused-ring (bicyclic) bond motifs is 3. The number of terminal acetylenes is 1. The van der Waals surface area contributed by atoms with Gasteiger partial charge in [-0.25, -0.2) is 20.1 Å². The maximum absolute atomic E-state index is 14.5. The highest BCUT2D eigenvalue weighted by Crippen LogP contribution is 2.40. The van der Waals surface area contributed by atoms with Crippen molar-refractivity contribution in [3.8, 4) is 297 Å². The molecule has 1 saturated carbocycles. The van der Waals surface area contributed by atoms with Gasteiger partial charge in [-0.05, 0) is 260 Å². The van der Waals surface area contributed by atoms with E-state index >= 15 is 0 Å². The van der Waals surface area contributed by atoms with Crippen molar-refractivity contribution < 1.29 is 193 Å². The Bertz CT molecular complexity index is 5900. The Labute approximate surface area is 826 Å². The number of ketones is 2. The Morgan fingerprint density at radius 1 is 0.553 bits per heavy atom. The van der Waals surface area contributed by atoms with E-state index in [4.69, 9.17) is 45.4 Å². The van der Waals surface area contributed by atoms with Crippen LogP contribution in [-0.2, 0) is 113 Å². The number of nitrogens with one attached hydrogen (secondary N) is 1. The average molecular weight is 1870 g/mol. The third-order valence-electron chi connectivity index (χ3n) is 17.8. The number of hydrogen-bond donors (Lipinski definition) is 6. The number of ether oxygens (including phenoxy) is 6. The van der Waals surface area contributed by atoms with Gasteiger partial charge < -0.3 is 48.6 Å². The maximum Gasteiger partial charge on any atom is 0.330 e. The lowest BCUT2D eigenvalue weighted by Crippen LogP contribution is -2.64. The fraction of sp³-hybridized carbons (Fsp3) is 0.402. The minimum atomic E-state index is -2.55. The first kappa shape index (κ1) is 113. The van der Waals surface area contributed by atoms with Gasteiger partial charge in [0.25, 0.3) is 11.7 Å². The van der Waals surface area contributed by atoms with Crippen molar-refractivity contribution in [1.82, 2.24) is 10.5 Å². The molecule has 4 aliphatic rings. The predicted molar refractivity (Wildman–Crippen MR) is 550 cm³/mol. The van der Waals surface area contributed by atoms with Crippen molar-refractivity contribution in [2.45, 2.75) is 199 Å². The van der Waals surface area contributed by atoms with Crippen LogP contribution in [0.2, 0.25) is 0 Å². The minimum Gasteiger partial charge on any atom is -0.463 e. The Morgan fingerprint density at radius 2 is 0.985 bits per heavy atom. The van der Waals surface area contributed by atoms with Crippen LogP contribution in [0.1, 0.15) is 199 Å². The highest BCUT2D eigenvalue weighted by Gasteiger charge is 2.57. The molecule has 132 heavy (non-hydrogen) atoms. The topological polar surface area (TPSA) is 368 Å². The molecule has 0 aromatic carbocycles. The molecule has 2 bridgehead atoms. The molecule has 0 aromatic rings. The molecule has 4 rings (SSSR count). The third-order valence-corrected chi connectivity index (χ3v) is 17.8. The number of aliphatic hydroxyl groups excluding tert-OH is 2. The lowest BCUT2D eigenvalue weighted by molar-refractivity contribution is -0.816. The molecule has 14 atom stereocenters. The zero-order valence-corrected chi connectivity index (χ0v) is 73.5. The summed E-state index contributed by atoms with van der Waals surface area (Å²) in [6, 6.07) is -1.18. The first-order valence-corrected chi connectivity index (χ1v) is 39.7. The van der Waals surface area contributed by atoms with Crippen LogP contribution in [0.4, 0.5) is 0 Å². The zero-order chi connectivity index (χ0) is 96.6. The summed E-state index contributed by atoms with van der Waals surface area (Å²) in [5, 5.41) is 82.4. The molecule has 30 heteroatoms. The second-order valence-corrected chi connectivity index (χ2v) is 26.8. The van der Waals surface area contributed by atoms with E-state index in [1.807, 2.05) is 26.0 Å². The van der Waals surface area contributed by atoms with Crippen LogP contribution in [0.25, 0.3) is 0 Å². The SMILES string of the molecule is C#CC#CC#CC#CC#CC#CC#CC#CC#CC#CC#CC#CC#CC#CC#CC#CC#CC#CC#CC#CC#CC#CC#CC#CC#CC.CCCCCCOC(=O)/C=C/C[C@@H]1/C=C(\C)C[C@H](C)C[C@H](OC)[C@H]2O[C@@](O)(C(=O)C(=O)N3CCCC[C@H]3C(=O)O[C@H](/C(C)=C/[C@@H]3CC[C@@H](O)[C@H](OC)C3)[C@H](C)[C@@H](O)CC1=O)[C@H](C)C[C@@H]2OC.OOOOOOONOOOOOOO.[HH].[HH].[HH].[HH].[HH].[HH].[HH].[HH].[HH].[HH].[HH].[HH].[HH].[HH].[HH].[HH].[HH].[HH].[HH].[HH].[HH].[HH].[HH].[HH].[HH].[HH].[HH].[HH].[HH].[HH].[HH].[HH].[HH].[HH].[HH].[HH].[HH].[HH]. The van der Waals surface area contributed by atoms with Gasteiger partial charge >= 0.3 is 11.9 Å². The zero-order valence-electron chi connectivity index (χ0n) is 73.5. The summed E-state index contributed by atoms with van der Waals surface area (Å²) >= 11 is 0. The van der Waals surface area contributed by atoms with Crippen LogP contribution in [0.5, 0.6) is 0 Å². The summed E-state index contributed by atoms with van der Waals surface area (Å²) < 4.78 is 35.3. The normalized spacial score (nSPS) is 21.3. The van der Waals surface area contributed by atoms with Crippen LogP contribution in [-0.4, -0.2) is 149 Å². The molecule has 0 spiro atoms. The second-order valence-electron chi connectivity index (χ2n) is 26.8. The smallest absolute Gasteiger partial charge is 0.330 e. The highest BCUT2D eigenvalue weighted by atomic mass is 17.9. The molecular formula is C102H164N2O28. The maximum atomic E-state index is 14.5. The van der Waals surface area contributed by atoms with Crippen molar-refractivity contribution in [2.75, 3.05) is 34.5 Å². The fourth-order valence-corrected chi connectivity index (χ4v) is 12.0. The molecule has 0 radical (unpaired) electrons. The summed E-state index contributed by atoms with van der Waals surface area (Å²) in [7, 11) is 4.57. The summed E-state index contributed by atoms with van der Waals surface area (Å²) in [6.07, 6.45) is 14.0. The molecule has 750 valence electrons. The Kier molecular flexibility index (Phi) is 64.4. The van der Waals surface area contributed by atoms with E-state index in [2.05, 4.69) is 357 Å². The monoisotopic (exact) mass is 1870 g/mol. The van der Waals surface area contributed by atoms with Crippen molar-refractivity contribution in [3.05, 3.63) is 35.5 Å². The summed E-state index contributed by atoms with van der Waals surface area (Å²) in [5.41, 5.74) is 2.86. The average Bonchev–Trinajstić information content (AvgIpc) is 0.765. The van der Waals surface area contributed by atoms with Gasteiger partial charge in [0.15, 0.2) is 0 Å². The first-order chi connectivity index (χ1) is 64.2. The van der Waals surface area contributed by atoms with Crippen molar-refractivity contribution >= 4 is 29.4 Å². The van der Waals surface area contributed by atoms with Crippen LogP contribution in [0.15, 0.2) is 35.5 Å². The summed E-state index contributed by atoms with van der Waals surface area (Å²) in [5.74, 6) is 113. The number of amides is 1. The minimum absolute atomic E-state index is 0. The number of carbonyl (C=O) groups is 5. The van der Waals surface area contributed by atoms with E-state index < -0.39 is 95.9 Å². The lowest BCUT2D eigenvalue weighted by Gasteiger charge is -2.47. The molecule has 0 aromatic heterocycles. The predicted octanol–water partition coefficient (Wildman–Crippen LogP) is 14.9. The van der Waals surface area contributed by atoms with Gasteiger partial charge in [-0.1, -0.05) is 86.7 Å². The molecule has 3 heterocycles. The van der Waals surface area contributed by atoms with E-state index in [1.165, 1.54) is 30.8 Å². The Morgan fingerprint density at radius 3 is 1.41 bits per heavy atom. The molecule has 6 N–H and O–H groups in total. The van der Waals surface area contributed by atoms with Crippen molar-refractivity contribution in [3.63, 3.8) is 0 Å². The number of aliphatic hydroxyl groups is 3. The highest BCUT2D eigenvalue weighted by molar-refractivity contribution is 6.39. The van der Waals surface area contributed by atoms with Crippen molar-refractivity contribution in [1.29, 1.82) is 0 Å². The van der Waals surface area contributed by atoms with Crippen LogP contribution < -0.4 is 5.64 Å². The number of allylic oxidation sites excluding steroid dienone is 4. The molecule has 3 fully saturated rings. The number of unbranched alkanes of at least 4 members (excludes halogenated alkanes) is 3. The van der Waals surface area contributed by atoms with Crippen LogP contribution in [0.3, 0.4) is 0 Å². The van der Waals surface area contributed by atoms with Crippen LogP contribution in [0, 0.1) is 326 Å². The number of cyclic esters (lactones) is 1. The van der Waals surface area contributed by atoms with E-state index in [9.17, 15) is 39.3 Å². The number of piperidine rings is 1. The summed E-state index contributed by atoms with van der Waals surface area (Å²) in [4.78, 5) is 78.6. The summed E-state index contributed by atoms with van der Waals surface area (Å²) in [6.45, 7) is 13.2. The van der Waals surface area contributed by atoms with E-state index in [1.54, 1.807) is 40.9 Å². The van der Waals surface area contributed by atoms with Gasteiger partial charge in [-0.2, -0.15) is 0 Å². The molecule has 3 aliphatic heterocycles. The molecule has 1 aliphatic carbocycles. The number of Topliss-reactive ketones (excluding diaryl/α,β-unsaturated/α-hetero) is 2. The Balaban J connectivity index is -0.0000000446. The van der Waals surface area contributed by atoms with E-state index in [-0.39, 0.29) is 104 Å². The van der Waals surface area contributed by atoms with Gasteiger partial charge in [0.05, 0.1) is 37.1 Å². The number of carbonyl (C=O) groups excluding carboxylic acids is 5. The van der Waals surface area contributed by atoms with Gasteiger partial charge in [-0.15, -0.1) is 6.42 Å². The lowest BCUT2D eigenvalue weighted by atomic mass is 9.81. The largest absolute Gasteiger partial charge is 0.463 e. The molecule has 30 nitrogen and oxygen atoms in total. The number of rotatable bonds is 25. The molecule has 2 saturated heterocycles. The number of methoxy groups -OCH3 is 3. The number of hydrogen-bond acceptors (Lipinski definition) is 29. The first-order valence-electron chi connectivity index (χ1n) is 39.7. The van der Waals surface area contributed by atoms with Gasteiger partial charge in [0, 0.05) is 302 Å². The Hall–Kier alpha value is -14.9. The number of nitrogens with zero attached hydrogens (tertiary/aromatic N) is 1. The van der Waals surface area contributed by atoms with E-state index in [0.29, 0.717) is 57.1 Å². The van der Waals surface area contributed by atoms with Crippen molar-refractivity contribution in [2.24, 2.45) is 29.6 Å². The van der Waals surface area contributed by atoms with Crippen LogP contribution >= 0.6 is 0 Å².